The van der Waals surface area contributed by atoms with E-state index < -0.39 is 0 Å². The van der Waals surface area contributed by atoms with Crippen LogP contribution >= 0.6 is 11.8 Å². The standard InChI is InChI=1S/C11H25N3S/c1-4-5-6-8-13-11(12-2)14-9-7-10-15-3/h4-10H2,1-3H3,(H2,12,13,14). The second-order valence-corrected chi connectivity index (χ2v) is 4.46. The first-order valence-electron chi connectivity index (χ1n) is 5.78. The van der Waals surface area contributed by atoms with Crippen LogP contribution in [-0.2, 0) is 0 Å². The highest BCUT2D eigenvalue weighted by molar-refractivity contribution is 7.98. The molecule has 0 bridgehead atoms. The molecule has 0 saturated carbocycles. The fourth-order valence-electron chi connectivity index (χ4n) is 1.23. The fourth-order valence-corrected chi connectivity index (χ4v) is 1.66. The van der Waals surface area contributed by atoms with Crippen LogP contribution in [0.15, 0.2) is 4.99 Å². The molecule has 0 aliphatic heterocycles. The van der Waals surface area contributed by atoms with Gasteiger partial charge in [-0.2, -0.15) is 11.8 Å². The van der Waals surface area contributed by atoms with Crippen LogP contribution < -0.4 is 10.6 Å². The molecule has 0 radical (unpaired) electrons. The third-order valence-corrected chi connectivity index (χ3v) is 2.81. The van der Waals surface area contributed by atoms with Crippen LogP contribution in [0.4, 0.5) is 0 Å². The van der Waals surface area contributed by atoms with Crippen LogP contribution in [0.1, 0.15) is 32.6 Å². The zero-order valence-electron chi connectivity index (χ0n) is 10.3. The van der Waals surface area contributed by atoms with Gasteiger partial charge in [-0.1, -0.05) is 19.8 Å². The van der Waals surface area contributed by atoms with Crippen molar-refractivity contribution in [1.29, 1.82) is 0 Å². The summed E-state index contributed by atoms with van der Waals surface area (Å²) in [4.78, 5) is 4.17. The SMILES string of the molecule is CCCCCNC(=NC)NCCCSC. The minimum absolute atomic E-state index is 0.937. The van der Waals surface area contributed by atoms with Crippen molar-refractivity contribution in [1.82, 2.24) is 10.6 Å². The first-order chi connectivity index (χ1) is 7.35. The third kappa shape index (κ3) is 9.91. The van der Waals surface area contributed by atoms with Gasteiger partial charge in [0.05, 0.1) is 0 Å². The van der Waals surface area contributed by atoms with Gasteiger partial charge in [0.15, 0.2) is 5.96 Å². The molecule has 0 aromatic heterocycles. The minimum Gasteiger partial charge on any atom is -0.356 e. The number of unbranched alkanes of at least 4 members (excludes halogenated alkanes) is 2. The molecule has 0 fully saturated rings. The molecule has 0 aliphatic carbocycles. The summed E-state index contributed by atoms with van der Waals surface area (Å²) in [5.41, 5.74) is 0. The van der Waals surface area contributed by atoms with Crippen molar-refractivity contribution in [2.24, 2.45) is 4.99 Å². The molecule has 0 saturated heterocycles. The lowest BCUT2D eigenvalue weighted by molar-refractivity contribution is 0.681. The lowest BCUT2D eigenvalue weighted by atomic mass is 10.2. The van der Waals surface area contributed by atoms with E-state index in [9.17, 15) is 0 Å². The highest BCUT2D eigenvalue weighted by Crippen LogP contribution is 1.93. The van der Waals surface area contributed by atoms with Crippen molar-refractivity contribution < 1.29 is 0 Å². The van der Waals surface area contributed by atoms with Crippen molar-refractivity contribution in [2.45, 2.75) is 32.6 Å². The molecule has 0 heterocycles. The Morgan fingerprint density at radius 2 is 1.80 bits per heavy atom. The molecule has 4 heteroatoms. The van der Waals surface area contributed by atoms with Crippen molar-refractivity contribution in [3.8, 4) is 0 Å². The lowest BCUT2D eigenvalue weighted by Crippen LogP contribution is -2.38. The zero-order valence-corrected chi connectivity index (χ0v) is 11.1. The first-order valence-corrected chi connectivity index (χ1v) is 7.18. The molecular formula is C11H25N3S. The van der Waals surface area contributed by atoms with Gasteiger partial charge >= 0.3 is 0 Å². The van der Waals surface area contributed by atoms with E-state index in [0.29, 0.717) is 0 Å². The van der Waals surface area contributed by atoms with Crippen LogP contribution in [-0.4, -0.2) is 38.1 Å². The molecule has 0 aromatic carbocycles. The van der Waals surface area contributed by atoms with E-state index in [0.717, 1.165) is 19.0 Å². The van der Waals surface area contributed by atoms with Crippen molar-refractivity contribution >= 4 is 17.7 Å². The van der Waals surface area contributed by atoms with Gasteiger partial charge in [0, 0.05) is 20.1 Å². The number of nitrogens with one attached hydrogen (secondary N) is 2. The monoisotopic (exact) mass is 231 g/mol. The second-order valence-electron chi connectivity index (χ2n) is 3.48. The molecule has 3 nitrogen and oxygen atoms in total. The molecule has 0 atom stereocenters. The van der Waals surface area contributed by atoms with Crippen LogP contribution in [0.5, 0.6) is 0 Å². The van der Waals surface area contributed by atoms with Crippen molar-refractivity contribution in [2.75, 3.05) is 32.1 Å². The van der Waals surface area contributed by atoms with Gasteiger partial charge < -0.3 is 10.6 Å². The molecule has 0 unspecified atom stereocenters. The molecule has 0 aliphatic rings. The molecule has 15 heavy (non-hydrogen) atoms. The van der Waals surface area contributed by atoms with Crippen LogP contribution in [0, 0.1) is 0 Å². The summed E-state index contributed by atoms with van der Waals surface area (Å²) in [5.74, 6) is 2.15. The lowest BCUT2D eigenvalue weighted by Gasteiger charge is -2.11. The average Bonchev–Trinajstić information content (AvgIpc) is 2.27. The Labute approximate surface area is 98.5 Å². The van der Waals surface area contributed by atoms with E-state index in [-0.39, 0.29) is 0 Å². The van der Waals surface area contributed by atoms with Crippen molar-refractivity contribution in [3.63, 3.8) is 0 Å². The maximum absolute atomic E-state index is 4.17. The van der Waals surface area contributed by atoms with Crippen LogP contribution in [0.25, 0.3) is 0 Å². The topological polar surface area (TPSA) is 36.4 Å². The van der Waals surface area contributed by atoms with E-state index in [2.05, 4.69) is 28.8 Å². The summed E-state index contributed by atoms with van der Waals surface area (Å²) >= 11 is 1.89. The Bertz CT molecular complexity index is 146. The predicted molar refractivity (Wildman–Crippen MR) is 71.9 cm³/mol. The summed E-state index contributed by atoms with van der Waals surface area (Å²) in [5, 5.41) is 6.62. The molecule has 90 valence electrons. The summed E-state index contributed by atoms with van der Waals surface area (Å²) in [6.45, 7) is 4.25. The van der Waals surface area contributed by atoms with E-state index in [1.165, 1.54) is 31.4 Å². The Morgan fingerprint density at radius 3 is 2.33 bits per heavy atom. The van der Waals surface area contributed by atoms with E-state index >= 15 is 0 Å². The van der Waals surface area contributed by atoms with Crippen molar-refractivity contribution in [3.05, 3.63) is 0 Å². The number of nitrogens with zero attached hydrogens (tertiary/aromatic N) is 1. The highest BCUT2D eigenvalue weighted by atomic mass is 32.2. The molecular weight excluding hydrogens is 206 g/mol. The van der Waals surface area contributed by atoms with Gasteiger partial charge in [0.2, 0.25) is 0 Å². The predicted octanol–water partition coefficient (Wildman–Crippen LogP) is 2.09. The van der Waals surface area contributed by atoms with E-state index in [1.807, 2.05) is 18.8 Å². The Morgan fingerprint density at radius 1 is 1.13 bits per heavy atom. The van der Waals surface area contributed by atoms with Gasteiger partial charge in [-0.05, 0) is 24.9 Å². The van der Waals surface area contributed by atoms with Gasteiger partial charge in [-0.3, -0.25) is 4.99 Å². The van der Waals surface area contributed by atoms with Crippen LogP contribution in [0.2, 0.25) is 0 Å². The number of hydrogen-bond donors (Lipinski definition) is 2. The van der Waals surface area contributed by atoms with E-state index in [4.69, 9.17) is 0 Å². The largest absolute Gasteiger partial charge is 0.356 e. The number of hydrogen-bond acceptors (Lipinski definition) is 2. The average molecular weight is 231 g/mol. The molecule has 0 rings (SSSR count). The van der Waals surface area contributed by atoms with Gasteiger partial charge in [-0.25, -0.2) is 0 Å². The number of aliphatic imine (C=N–C) groups is 1. The Kier molecular flexibility index (Phi) is 11.4. The summed E-state index contributed by atoms with van der Waals surface area (Å²) in [6, 6.07) is 0. The first kappa shape index (κ1) is 14.6. The zero-order chi connectivity index (χ0) is 11.4. The third-order valence-electron chi connectivity index (χ3n) is 2.11. The Balaban J connectivity index is 3.39. The molecule has 0 aromatic rings. The fraction of sp³-hybridized carbons (Fsp3) is 0.909. The maximum atomic E-state index is 4.17. The summed E-state index contributed by atoms with van der Waals surface area (Å²) < 4.78 is 0. The number of thioether (sulfide) groups is 1. The van der Waals surface area contributed by atoms with Gasteiger partial charge in [-0.15, -0.1) is 0 Å². The second kappa shape index (κ2) is 11.7. The van der Waals surface area contributed by atoms with Crippen LogP contribution in [0.3, 0.4) is 0 Å². The summed E-state index contributed by atoms with van der Waals surface area (Å²) in [6.07, 6.45) is 7.11. The molecule has 2 N–H and O–H groups in total. The number of guanidine groups is 1. The quantitative estimate of drug-likeness (QED) is 0.381. The van der Waals surface area contributed by atoms with E-state index in [1.54, 1.807) is 0 Å². The minimum atomic E-state index is 0.937. The number of rotatable bonds is 8. The normalized spacial score (nSPS) is 11.5. The maximum Gasteiger partial charge on any atom is 0.190 e. The molecule has 0 amide bonds. The van der Waals surface area contributed by atoms with Gasteiger partial charge in [0.1, 0.15) is 0 Å². The van der Waals surface area contributed by atoms with Gasteiger partial charge in [0.25, 0.3) is 0 Å². The Hall–Kier alpha value is -0.380. The molecule has 0 spiro atoms. The highest BCUT2D eigenvalue weighted by Gasteiger charge is 1.95. The summed E-state index contributed by atoms with van der Waals surface area (Å²) in [7, 11) is 1.82. The smallest absolute Gasteiger partial charge is 0.190 e.